The first-order valence-corrected chi connectivity index (χ1v) is 6.94. The summed E-state index contributed by atoms with van der Waals surface area (Å²) in [5.41, 5.74) is 2.21. The van der Waals surface area contributed by atoms with Gasteiger partial charge in [0.2, 0.25) is 0 Å². The lowest BCUT2D eigenvalue weighted by Gasteiger charge is -2.08. The van der Waals surface area contributed by atoms with E-state index in [1.807, 2.05) is 42.5 Å². The first kappa shape index (κ1) is 13.7. The number of anilines is 1. The standard InChI is InChI=1S/C15H13IN2O/c16-13-4-2-5-14(10-13)18-11-12-3-1-6-15(9-12)19-8-7-17/h1-6,9-10,18H,8,11H2. The molecule has 3 nitrogen and oxygen atoms in total. The molecule has 0 atom stereocenters. The van der Waals surface area contributed by atoms with Crippen molar-refractivity contribution in [3.05, 3.63) is 57.7 Å². The maximum atomic E-state index is 8.49. The highest BCUT2D eigenvalue weighted by atomic mass is 127. The molecule has 0 unspecified atom stereocenters. The zero-order valence-electron chi connectivity index (χ0n) is 10.3. The van der Waals surface area contributed by atoms with E-state index in [1.54, 1.807) is 0 Å². The largest absolute Gasteiger partial charge is 0.479 e. The molecule has 0 spiro atoms. The fourth-order valence-electron chi connectivity index (χ4n) is 1.66. The van der Waals surface area contributed by atoms with Gasteiger partial charge in [0.1, 0.15) is 11.8 Å². The van der Waals surface area contributed by atoms with E-state index in [4.69, 9.17) is 10.00 Å². The molecule has 0 aliphatic carbocycles. The fraction of sp³-hybridized carbons (Fsp3) is 0.133. The van der Waals surface area contributed by atoms with Crippen LogP contribution in [-0.4, -0.2) is 6.61 Å². The number of hydrogen-bond acceptors (Lipinski definition) is 3. The third kappa shape index (κ3) is 4.45. The molecule has 19 heavy (non-hydrogen) atoms. The van der Waals surface area contributed by atoms with Crippen molar-refractivity contribution >= 4 is 28.3 Å². The normalized spacial score (nSPS) is 9.68. The molecule has 0 saturated carbocycles. The summed E-state index contributed by atoms with van der Waals surface area (Å²) in [5, 5.41) is 11.8. The lowest BCUT2D eigenvalue weighted by atomic mass is 10.2. The van der Waals surface area contributed by atoms with Crippen LogP contribution in [0.5, 0.6) is 5.75 Å². The van der Waals surface area contributed by atoms with Gasteiger partial charge in [-0.1, -0.05) is 18.2 Å². The van der Waals surface area contributed by atoms with Crippen LogP contribution in [0.1, 0.15) is 5.56 Å². The molecule has 0 fully saturated rings. The number of rotatable bonds is 5. The number of nitrogens with one attached hydrogen (secondary N) is 1. The number of halogens is 1. The zero-order valence-corrected chi connectivity index (χ0v) is 12.4. The van der Waals surface area contributed by atoms with Gasteiger partial charge in [-0.25, -0.2) is 0 Å². The van der Waals surface area contributed by atoms with E-state index in [0.717, 1.165) is 23.5 Å². The van der Waals surface area contributed by atoms with Crippen molar-refractivity contribution in [3.63, 3.8) is 0 Å². The second-order valence-corrected chi connectivity index (χ2v) is 5.20. The highest BCUT2D eigenvalue weighted by Crippen LogP contribution is 2.16. The maximum Gasteiger partial charge on any atom is 0.174 e. The number of nitriles is 1. The van der Waals surface area contributed by atoms with Crippen LogP contribution in [0.4, 0.5) is 5.69 Å². The van der Waals surface area contributed by atoms with Gasteiger partial charge in [-0.3, -0.25) is 0 Å². The van der Waals surface area contributed by atoms with Crippen LogP contribution in [0.25, 0.3) is 0 Å². The minimum absolute atomic E-state index is 0.0771. The third-order valence-electron chi connectivity index (χ3n) is 2.52. The molecule has 0 radical (unpaired) electrons. The summed E-state index contributed by atoms with van der Waals surface area (Å²) in [7, 11) is 0. The average Bonchev–Trinajstić information content (AvgIpc) is 2.43. The second-order valence-electron chi connectivity index (χ2n) is 3.96. The SMILES string of the molecule is N#CCOc1cccc(CNc2cccc(I)c2)c1. The Bertz CT molecular complexity index is 593. The van der Waals surface area contributed by atoms with Crippen molar-refractivity contribution in [2.24, 2.45) is 0 Å². The van der Waals surface area contributed by atoms with Gasteiger partial charge in [0.05, 0.1) is 0 Å². The Balaban J connectivity index is 1.98. The lowest BCUT2D eigenvalue weighted by molar-refractivity contribution is 0.368. The smallest absolute Gasteiger partial charge is 0.174 e. The Morgan fingerprint density at radius 2 is 2.00 bits per heavy atom. The van der Waals surface area contributed by atoms with E-state index in [9.17, 15) is 0 Å². The first-order chi connectivity index (χ1) is 9.28. The van der Waals surface area contributed by atoms with Gasteiger partial charge < -0.3 is 10.1 Å². The van der Waals surface area contributed by atoms with E-state index in [2.05, 4.69) is 40.0 Å². The number of benzene rings is 2. The minimum Gasteiger partial charge on any atom is -0.479 e. The molecule has 2 aromatic rings. The summed E-state index contributed by atoms with van der Waals surface area (Å²) in [6.45, 7) is 0.803. The van der Waals surface area contributed by atoms with Crippen LogP contribution in [0.2, 0.25) is 0 Å². The minimum atomic E-state index is 0.0771. The van der Waals surface area contributed by atoms with Crippen LogP contribution in [0.3, 0.4) is 0 Å². The summed E-state index contributed by atoms with van der Waals surface area (Å²) >= 11 is 2.29. The van der Waals surface area contributed by atoms with Gasteiger partial charge in [0.25, 0.3) is 0 Å². The topological polar surface area (TPSA) is 45.0 Å². The van der Waals surface area contributed by atoms with Crippen molar-refractivity contribution in [3.8, 4) is 11.8 Å². The zero-order chi connectivity index (χ0) is 13.5. The second kappa shape index (κ2) is 7.00. The summed E-state index contributed by atoms with van der Waals surface area (Å²) in [6.07, 6.45) is 0. The first-order valence-electron chi connectivity index (χ1n) is 5.86. The molecule has 0 aliphatic rings. The molecular weight excluding hydrogens is 351 g/mol. The lowest BCUT2D eigenvalue weighted by Crippen LogP contribution is -2.00. The Kier molecular flexibility index (Phi) is 5.04. The van der Waals surface area contributed by atoms with E-state index < -0.39 is 0 Å². The van der Waals surface area contributed by atoms with E-state index >= 15 is 0 Å². The molecular formula is C15H13IN2O. The number of ether oxygens (including phenoxy) is 1. The van der Waals surface area contributed by atoms with Crippen molar-refractivity contribution in [1.82, 2.24) is 0 Å². The highest BCUT2D eigenvalue weighted by molar-refractivity contribution is 14.1. The third-order valence-corrected chi connectivity index (χ3v) is 3.19. The highest BCUT2D eigenvalue weighted by Gasteiger charge is 1.98. The van der Waals surface area contributed by atoms with Gasteiger partial charge in [0.15, 0.2) is 6.61 Å². The maximum absolute atomic E-state index is 8.49. The Hall–Kier alpha value is -1.74. The van der Waals surface area contributed by atoms with Gasteiger partial charge in [-0.15, -0.1) is 0 Å². The molecule has 0 heterocycles. The Morgan fingerprint density at radius 1 is 1.16 bits per heavy atom. The summed E-state index contributed by atoms with van der Waals surface area (Å²) in [6, 6.07) is 17.9. The van der Waals surface area contributed by atoms with Crippen LogP contribution in [0.15, 0.2) is 48.5 Å². The summed E-state index contributed by atoms with van der Waals surface area (Å²) < 4.78 is 6.48. The fourth-order valence-corrected chi connectivity index (χ4v) is 2.21. The monoisotopic (exact) mass is 364 g/mol. The average molecular weight is 364 g/mol. The molecule has 0 aromatic heterocycles. The van der Waals surface area contributed by atoms with Crippen molar-refractivity contribution in [2.75, 3.05) is 11.9 Å². The van der Waals surface area contributed by atoms with Crippen LogP contribution >= 0.6 is 22.6 Å². The van der Waals surface area contributed by atoms with Crippen molar-refractivity contribution in [2.45, 2.75) is 6.54 Å². The molecule has 96 valence electrons. The molecule has 0 saturated heterocycles. The molecule has 2 aromatic carbocycles. The number of nitrogens with zero attached hydrogens (tertiary/aromatic N) is 1. The van der Waals surface area contributed by atoms with Crippen LogP contribution in [0, 0.1) is 14.9 Å². The van der Waals surface area contributed by atoms with E-state index in [1.165, 1.54) is 3.57 Å². The van der Waals surface area contributed by atoms with Gasteiger partial charge in [-0.05, 0) is 58.5 Å². The van der Waals surface area contributed by atoms with Gasteiger partial charge >= 0.3 is 0 Å². The number of hydrogen-bond donors (Lipinski definition) is 1. The Labute approximate surface area is 126 Å². The molecule has 4 heteroatoms. The van der Waals surface area contributed by atoms with E-state index in [-0.39, 0.29) is 6.61 Å². The van der Waals surface area contributed by atoms with Crippen LogP contribution < -0.4 is 10.1 Å². The van der Waals surface area contributed by atoms with Gasteiger partial charge in [0, 0.05) is 15.8 Å². The van der Waals surface area contributed by atoms with Crippen molar-refractivity contribution < 1.29 is 4.74 Å². The van der Waals surface area contributed by atoms with Crippen LogP contribution in [-0.2, 0) is 6.54 Å². The Morgan fingerprint density at radius 3 is 2.79 bits per heavy atom. The molecule has 0 aliphatic heterocycles. The summed E-state index contributed by atoms with van der Waals surface area (Å²) in [5.74, 6) is 0.725. The molecule has 2 rings (SSSR count). The summed E-state index contributed by atoms with van der Waals surface area (Å²) in [4.78, 5) is 0. The molecule has 1 N–H and O–H groups in total. The van der Waals surface area contributed by atoms with E-state index in [0.29, 0.717) is 0 Å². The van der Waals surface area contributed by atoms with Crippen molar-refractivity contribution in [1.29, 1.82) is 5.26 Å². The van der Waals surface area contributed by atoms with Gasteiger partial charge in [-0.2, -0.15) is 5.26 Å². The molecule has 0 bridgehead atoms. The quantitative estimate of drug-likeness (QED) is 0.821. The predicted molar refractivity (Wildman–Crippen MR) is 84.0 cm³/mol. The predicted octanol–water partition coefficient (Wildman–Crippen LogP) is 3.81. The molecule has 0 amide bonds.